The van der Waals surface area contributed by atoms with Gasteiger partial charge in [-0.25, -0.2) is 18.4 Å². The minimum atomic E-state index is -3.60. The number of carbonyl (C=O) groups excluding carboxylic acids is 1. The molecule has 0 spiro atoms. The molecule has 1 unspecified atom stereocenters. The van der Waals surface area contributed by atoms with Gasteiger partial charge in [-0.05, 0) is 47.7 Å². The van der Waals surface area contributed by atoms with Crippen LogP contribution in [0.25, 0.3) is 0 Å². The van der Waals surface area contributed by atoms with Gasteiger partial charge in [0, 0.05) is 17.4 Å². The number of nitrogens with one attached hydrogen (secondary N) is 2. The third-order valence-corrected chi connectivity index (χ3v) is 8.58. The number of hydrogen-bond donors (Lipinski definition) is 2. The van der Waals surface area contributed by atoms with Crippen molar-refractivity contribution < 1.29 is 17.9 Å². The summed E-state index contributed by atoms with van der Waals surface area (Å²) in [6.07, 6.45) is 2.92. The highest BCUT2D eigenvalue weighted by Gasteiger charge is 2.28. The fourth-order valence-electron chi connectivity index (χ4n) is 4.62. The SMILES string of the molecule is COc1c(NC(=O)c2ccc(C)c(N3CC(c4cnc(SC(C)(C)C)n4C)N=N3)c2)cc(C(C)(C)C)cc1NS(C)(=O)=O. The zero-order chi connectivity index (χ0) is 31.9. The second-order valence-electron chi connectivity index (χ2n) is 12.7. The highest BCUT2D eigenvalue weighted by molar-refractivity contribution is 8.00. The summed E-state index contributed by atoms with van der Waals surface area (Å²) in [6, 6.07) is 8.72. The minimum absolute atomic E-state index is 0.0294. The van der Waals surface area contributed by atoms with E-state index in [0.29, 0.717) is 17.8 Å². The van der Waals surface area contributed by atoms with Gasteiger partial charge in [0.05, 0.1) is 48.9 Å². The number of amides is 1. The first-order valence-electron chi connectivity index (χ1n) is 13.9. The quantitative estimate of drug-likeness (QED) is 0.274. The minimum Gasteiger partial charge on any atom is -0.492 e. The van der Waals surface area contributed by atoms with Crippen molar-refractivity contribution in [3.05, 3.63) is 58.9 Å². The molecule has 1 aliphatic rings. The lowest BCUT2D eigenvalue weighted by atomic mass is 9.86. The Bertz CT molecular complexity index is 1670. The largest absolute Gasteiger partial charge is 0.492 e. The summed E-state index contributed by atoms with van der Waals surface area (Å²) in [7, 11) is -0.176. The Balaban J connectivity index is 1.60. The molecule has 0 aliphatic carbocycles. The number of ether oxygens (including phenoxy) is 1. The molecule has 232 valence electrons. The molecule has 13 heteroatoms. The van der Waals surface area contributed by atoms with Gasteiger partial charge in [-0.3, -0.25) is 9.52 Å². The van der Waals surface area contributed by atoms with Crippen molar-refractivity contribution in [1.29, 1.82) is 0 Å². The Hall–Kier alpha value is -3.58. The molecule has 43 heavy (non-hydrogen) atoms. The van der Waals surface area contributed by atoms with Crippen molar-refractivity contribution in [3.63, 3.8) is 0 Å². The van der Waals surface area contributed by atoms with E-state index in [2.05, 4.69) is 50.7 Å². The number of aryl methyl sites for hydroxylation is 1. The van der Waals surface area contributed by atoms with E-state index in [1.54, 1.807) is 41.0 Å². The first-order valence-corrected chi connectivity index (χ1v) is 16.6. The number of nitrogens with zero attached hydrogens (tertiary/aromatic N) is 5. The van der Waals surface area contributed by atoms with Gasteiger partial charge < -0.3 is 14.6 Å². The van der Waals surface area contributed by atoms with Crippen LogP contribution in [0, 0.1) is 6.92 Å². The summed E-state index contributed by atoms with van der Waals surface area (Å²) >= 11 is 1.70. The predicted molar refractivity (Wildman–Crippen MR) is 173 cm³/mol. The lowest BCUT2D eigenvalue weighted by Gasteiger charge is -2.24. The lowest BCUT2D eigenvalue weighted by molar-refractivity contribution is 0.102. The van der Waals surface area contributed by atoms with Crippen molar-refractivity contribution >= 4 is 44.8 Å². The molecule has 1 amide bonds. The van der Waals surface area contributed by atoms with Gasteiger partial charge >= 0.3 is 0 Å². The first kappa shape index (κ1) is 32.3. The topological polar surface area (TPSA) is 130 Å². The number of carbonyl (C=O) groups is 1. The van der Waals surface area contributed by atoms with Crippen molar-refractivity contribution in [2.45, 2.75) is 69.8 Å². The van der Waals surface area contributed by atoms with Crippen molar-refractivity contribution in [2.75, 3.05) is 35.0 Å². The van der Waals surface area contributed by atoms with Crippen LogP contribution in [0.5, 0.6) is 5.75 Å². The van der Waals surface area contributed by atoms with E-state index >= 15 is 0 Å². The third kappa shape index (κ3) is 7.69. The van der Waals surface area contributed by atoms with Gasteiger partial charge in [0.25, 0.3) is 5.91 Å². The van der Waals surface area contributed by atoms with E-state index in [0.717, 1.165) is 33.9 Å². The van der Waals surface area contributed by atoms with Crippen molar-refractivity contribution in [3.8, 4) is 5.75 Å². The fraction of sp³-hybridized carbons (Fsp3) is 0.467. The highest BCUT2D eigenvalue weighted by Crippen LogP contribution is 2.40. The van der Waals surface area contributed by atoms with E-state index in [1.165, 1.54) is 7.11 Å². The molecule has 1 atom stereocenters. The van der Waals surface area contributed by atoms with E-state index in [4.69, 9.17) is 4.74 Å². The van der Waals surface area contributed by atoms with Gasteiger partial charge in [0.2, 0.25) is 10.0 Å². The molecule has 2 aromatic carbocycles. The van der Waals surface area contributed by atoms with Crippen LogP contribution >= 0.6 is 11.8 Å². The van der Waals surface area contributed by atoms with E-state index in [1.807, 2.05) is 47.0 Å². The monoisotopic (exact) mass is 627 g/mol. The zero-order valence-electron chi connectivity index (χ0n) is 26.4. The van der Waals surface area contributed by atoms with Gasteiger partial charge in [-0.1, -0.05) is 64.6 Å². The zero-order valence-corrected chi connectivity index (χ0v) is 28.1. The van der Waals surface area contributed by atoms with Crippen molar-refractivity contribution in [1.82, 2.24) is 9.55 Å². The van der Waals surface area contributed by atoms with Gasteiger partial charge in [0.15, 0.2) is 10.9 Å². The second kappa shape index (κ2) is 11.8. The second-order valence-corrected chi connectivity index (χ2v) is 16.3. The number of sulfonamides is 1. The summed E-state index contributed by atoms with van der Waals surface area (Å²) in [4.78, 5) is 18.2. The summed E-state index contributed by atoms with van der Waals surface area (Å²) in [5.41, 5.74) is 4.18. The third-order valence-electron chi connectivity index (χ3n) is 6.82. The summed E-state index contributed by atoms with van der Waals surface area (Å²) < 4.78 is 34.3. The van der Waals surface area contributed by atoms with Gasteiger partial charge in [-0.15, -0.1) is 0 Å². The molecule has 0 fully saturated rings. The van der Waals surface area contributed by atoms with Crippen LogP contribution in [-0.4, -0.2) is 48.5 Å². The molecule has 0 bridgehead atoms. The van der Waals surface area contributed by atoms with Crippen LogP contribution in [0.15, 0.2) is 52.0 Å². The van der Waals surface area contributed by atoms with E-state index in [-0.39, 0.29) is 33.5 Å². The molecule has 4 rings (SSSR count). The van der Waals surface area contributed by atoms with Crippen LogP contribution < -0.4 is 19.8 Å². The smallest absolute Gasteiger partial charge is 0.255 e. The molecule has 2 N–H and O–H groups in total. The van der Waals surface area contributed by atoms with Crippen molar-refractivity contribution in [2.24, 2.45) is 17.4 Å². The average molecular weight is 628 g/mol. The first-order chi connectivity index (χ1) is 19.9. The lowest BCUT2D eigenvalue weighted by Crippen LogP contribution is -2.20. The number of benzene rings is 2. The molecular weight excluding hydrogens is 587 g/mol. The van der Waals surface area contributed by atoms with E-state index in [9.17, 15) is 13.2 Å². The average Bonchev–Trinajstić information content (AvgIpc) is 3.48. The standard InChI is InChI=1S/C30H41N7O4S2/c1-18-11-12-19(13-24(18)37-17-23(33-35-37)25-16-31-28(36(25)8)42-30(5,6)7)27(38)32-21-14-20(29(2,3)4)15-22(26(21)41-9)34-43(10,39)40/h11-16,23,34H,17H2,1-10H3,(H,32,38). The number of hydrogen-bond acceptors (Lipinski definition) is 9. The maximum Gasteiger partial charge on any atom is 0.255 e. The van der Waals surface area contributed by atoms with E-state index < -0.39 is 10.0 Å². The number of aromatic nitrogens is 2. The molecule has 11 nitrogen and oxygen atoms in total. The Morgan fingerprint density at radius 3 is 2.37 bits per heavy atom. The number of rotatable bonds is 8. The molecular formula is C30H41N7O4S2. The molecule has 0 saturated carbocycles. The Kier molecular flexibility index (Phi) is 8.90. The van der Waals surface area contributed by atoms with Gasteiger partial charge in [0.1, 0.15) is 6.04 Å². The fourth-order valence-corrected chi connectivity index (χ4v) is 6.06. The molecule has 1 aromatic heterocycles. The van der Waals surface area contributed by atoms with Gasteiger partial charge in [-0.2, -0.15) is 5.11 Å². The van der Waals surface area contributed by atoms with Crippen LogP contribution in [0.1, 0.15) is 74.8 Å². The molecule has 2 heterocycles. The maximum absolute atomic E-state index is 13.6. The molecule has 0 saturated heterocycles. The predicted octanol–water partition coefficient (Wildman–Crippen LogP) is 6.48. The number of thioether (sulfide) groups is 1. The molecule has 3 aromatic rings. The van der Waals surface area contributed by atoms with Crippen LogP contribution in [0.2, 0.25) is 0 Å². The van der Waals surface area contributed by atoms with Crippen LogP contribution in [0.4, 0.5) is 17.1 Å². The van der Waals surface area contributed by atoms with Crippen LogP contribution in [-0.2, 0) is 22.5 Å². The van der Waals surface area contributed by atoms with Crippen LogP contribution in [0.3, 0.4) is 0 Å². The molecule has 0 radical (unpaired) electrons. The number of methoxy groups -OCH3 is 1. The maximum atomic E-state index is 13.6. The Labute approximate surface area is 258 Å². The number of anilines is 3. The Morgan fingerprint density at radius 2 is 1.77 bits per heavy atom. The molecule has 1 aliphatic heterocycles. The highest BCUT2D eigenvalue weighted by atomic mass is 32.2. The summed E-state index contributed by atoms with van der Waals surface area (Å²) in [6.45, 7) is 14.9. The normalized spacial score (nSPS) is 15.6. The Morgan fingerprint density at radius 1 is 1.09 bits per heavy atom. The summed E-state index contributed by atoms with van der Waals surface area (Å²) in [5.74, 6) is -0.158. The summed E-state index contributed by atoms with van der Waals surface area (Å²) in [5, 5.41) is 14.6. The number of imidazole rings is 1.